The normalized spacial score (nSPS) is 11.7. The van der Waals surface area contributed by atoms with E-state index in [1.807, 2.05) is 33.0 Å². The number of pyridine rings is 1. The predicted molar refractivity (Wildman–Crippen MR) is 53.6 cm³/mol. The van der Waals surface area contributed by atoms with Crippen molar-refractivity contribution in [1.29, 1.82) is 0 Å². The van der Waals surface area contributed by atoms with Gasteiger partial charge in [0.05, 0.1) is 5.60 Å². The minimum atomic E-state index is -0.578. The van der Waals surface area contributed by atoms with E-state index in [9.17, 15) is 5.11 Å². The summed E-state index contributed by atoms with van der Waals surface area (Å²) >= 11 is 0. The van der Waals surface area contributed by atoms with Crippen molar-refractivity contribution in [2.24, 2.45) is 0 Å². The molecule has 0 spiro atoms. The Bertz CT molecular complexity index is 258. The molecule has 1 rings (SSSR count). The molecule has 0 fully saturated rings. The van der Waals surface area contributed by atoms with Crippen molar-refractivity contribution < 1.29 is 5.11 Å². The minimum Gasteiger partial charge on any atom is -0.390 e. The number of aromatic nitrogens is 1. The van der Waals surface area contributed by atoms with Gasteiger partial charge in [-0.15, -0.1) is 0 Å². The van der Waals surface area contributed by atoms with E-state index in [4.69, 9.17) is 0 Å². The second kappa shape index (κ2) is 3.88. The van der Waals surface area contributed by atoms with Gasteiger partial charge in [0.25, 0.3) is 0 Å². The first-order chi connectivity index (χ1) is 5.97. The Morgan fingerprint density at radius 1 is 1.38 bits per heavy atom. The van der Waals surface area contributed by atoms with Crippen LogP contribution in [-0.2, 0) is 6.42 Å². The fourth-order valence-electron chi connectivity index (χ4n) is 1.10. The second-order valence-corrected chi connectivity index (χ2v) is 4.12. The first-order valence-electron chi connectivity index (χ1n) is 4.61. The Morgan fingerprint density at radius 2 is 2.08 bits per heavy atom. The molecule has 13 heavy (non-hydrogen) atoms. The molecule has 0 radical (unpaired) electrons. The smallest absolute Gasteiger partial charge is 0.0594 e. The highest BCUT2D eigenvalue weighted by atomic mass is 16.3. The lowest BCUT2D eigenvalue weighted by Gasteiger charge is -2.16. The van der Waals surface area contributed by atoms with E-state index < -0.39 is 5.60 Å². The molecule has 0 aromatic carbocycles. The molecule has 0 atom stereocenters. The molecule has 1 heterocycles. The lowest BCUT2D eigenvalue weighted by atomic mass is 10.00. The van der Waals surface area contributed by atoms with Gasteiger partial charge in [-0.3, -0.25) is 4.98 Å². The molecule has 2 nitrogen and oxygen atoms in total. The second-order valence-electron chi connectivity index (χ2n) is 4.12. The fraction of sp³-hybridized carbons (Fsp3) is 0.545. The van der Waals surface area contributed by atoms with Crippen LogP contribution in [0.3, 0.4) is 0 Å². The molecule has 1 aromatic heterocycles. The van der Waals surface area contributed by atoms with Gasteiger partial charge in [0, 0.05) is 11.9 Å². The fourth-order valence-corrected chi connectivity index (χ4v) is 1.10. The maximum Gasteiger partial charge on any atom is 0.0594 e. The summed E-state index contributed by atoms with van der Waals surface area (Å²) in [5.74, 6) is 0. The van der Waals surface area contributed by atoms with Crippen LogP contribution < -0.4 is 0 Å². The van der Waals surface area contributed by atoms with E-state index in [0.717, 1.165) is 18.5 Å². The highest BCUT2D eigenvalue weighted by Gasteiger charge is 2.11. The zero-order valence-corrected chi connectivity index (χ0v) is 8.54. The van der Waals surface area contributed by atoms with Gasteiger partial charge in [-0.05, 0) is 45.2 Å². The molecule has 2 heteroatoms. The number of hydrogen-bond acceptors (Lipinski definition) is 2. The third kappa shape index (κ3) is 4.04. The van der Waals surface area contributed by atoms with Crippen LogP contribution in [0.5, 0.6) is 0 Å². The van der Waals surface area contributed by atoms with Crippen LogP contribution in [0, 0.1) is 6.92 Å². The highest BCUT2D eigenvalue weighted by molar-refractivity contribution is 5.13. The summed E-state index contributed by atoms with van der Waals surface area (Å²) in [7, 11) is 0. The van der Waals surface area contributed by atoms with Gasteiger partial charge < -0.3 is 5.11 Å². The molecule has 72 valence electrons. The van der Waals surface area contributed by atoms with Gasteiger partial charge in [-0.2, -0.15) is 0 Å². The van der Waals surface area contributed by atoms with Crippen LogP contribution in [0.1, 0.15) is 31.5 Å². The van der Waals surface area contributed by atoms with E-state index in [1.165, 1.54) is 5.56 Å². The summed E-state index contributed by atoms with van der Waals surface area (Å²) in [5, 5.41) is 9.51. The van der Waals surface area contributed by atoms with Crippen LogP contribution in [0.15, 0.2) is 18.3 Å². The summed E-state index contributed by atoms with van der Waals surface area (Å²) in [5.41, 5.74) is 1.64. The highest BCUT2D eigenvalue weighted by Crippen LogP contribution is 2.12. The van der Waals surface area contributed by atoms with Crippen molar-refractivity contribution >= 4 is 0 Å². The van der Waals surface area contributed by atoms with Gasteiger partial charge in [-0.1, -0.05) is 6.07 Å². The number of aliphatic hydroxyl groups is 1. The summed E-state index contributed by atoms with van der Waals surface area (Å²) < 4.78 is 0. The first-order valence-corrected chi connectivity index (χ1v) is 4.61. The molecule has 0 bridgehead atoms. The number of aryl methyl sites for hydroxylation is 2. The van der Waals surface area contributed by atoms with Crippen LogP contribution in [0.25, 0.3) is 0 Å². The van der Waals surface area contributed by atoms with E-state index in [0.29, 0.717) is 0 Å². The third-order valence-electron chi connectivity index (χ3n) is 2.00. The molecule has 0 amide bonds. The van der Waals surface area contributed by atoms with E-state index in [1.54, 1.807) is 0 Å². The van der Waals surface area contributed by atoms with Gasteiger partial charge in [-0.25, -0.2) is 0 Å². The zero-order valence-electron chi connectivity index (χ0n) is 8.54. The summed E-state index contributed by atoms with van der Waals surface area (Å²) in [6.07, 6.45) is 3.54. The van der Waals surface area contributed by atoms with Gasteiger partial charge in [0.1, 0.15) is 0 Å². The Morgan fingerprint density at radius 3 is 2.54 bits per heavy atom. The zero-order chi connectivity index (χ0) is 9.90. The van der Waals surface area contributed by atoms with Crippen molar-refractivity contribution in [3.8, 4) is 0 Å². The van der Waals surface area contributed by atoms with Crippen molar-refractivity contribution in [2.45, 2.75) is 39.2 Å². The SMILES string of the molecule is Cc1ccc(CCC(C)(C)O)cn1. The lowest BCUT2D eigenvalue weighted by molar-refractivity contribution is 0.0714. The molecule has 0 aliphatic rings. The Labute approximate surface area is 79.6 Å². The molecule has 0 aliphatic heterocycles. The van der Waals surface area contributed by atoms with Crippen LogP contribution >= 0.6 is 0 Å². The lowest BCUT2D eigenvalue weighted by Crippen LogP contribution is -2.19. The largest absolute Gasteiger partial charge is 0.390 e. The Hall–Kier alpha value is -0.890. The molecule has 0 saturated carbocycles. The molecule has 0 saturated heterocycles. The Kier molecular flexibility index (Phi) is 3.04. The molecule has 0 unspecified atom stereocenters. The number of hydrogen-bond donors (Lipinski definition) is 1. The maximum absolute atomic E-state index is 9.51. The summed E-state index contributed by atoms with van der Waals surface area (Å²) in [6, 6.07) is 4.06. The average Bonchev–Trinajstić information content (AvgIpc) is 2.02. The van der Waals surface area contributed by atoms with Crippen LogP contribution in [0.4, 0.5) is 0 Å². The van der Waals surface area contributed by atoms with E-state index >= 15 is 0 Å². The maximum atomic E-state index is 9.51. The standard InChI is InChI=1S/C11H17NO/c1-9-4-5-10(8-12-9)6-7-11(2,3)13/h4-5,8,13H,6-7H2,1-3H3. The van der Waals surface area contributed by atoms with Gasteiger partial charge in [0.2, 0.25) is 0 Å². The third-order valence-corrected chi connectivity index (χ3v) is 2.00. The molecular formula is C11H17NO. The van der Waals surface area contributed by atoms with Crippen molar-refractivity contribution in [2.75, 3.05) is 0 Å². The minimum absolute atomic E-state index is 0.578. The average molecular weight is 179 g/mol. The summed E-state index contributed by atoms with van der Waals surface area (Å²) in [4.78, 5) is 4.20. The summed E-state index contributed by atoms with van der Waals surface area (Å²) in [6.45, 7) is 5.63. The topological polar surface area (TPSA) is 33.1 Å². The molecule has 1 N–H and O–H groups in total. The van der Waals surface area contributed by atoms with Gasteiger partial charge in [0.15, 0.2) is 0 Å². The Balaban J connectivity index is 2.51. The first kappa shape index (κ1) is 10.2. The van der Waals surface area contributed by atoms with Crippen molar-refractivity contribution in [1.82, 2.24) is 4.98 Å². The van der Waals surface area contributed by atoms with E-state index in [-0.39, 0.29) is 0 Å². The predicted octanol–water partition coefficient (Wildman–Crippen LogP) is 2.09. The monoisotopic (exact) mass is 179 g/mol. The van der Waals surface area contributed by atoms with Crippen molar-refractivity contribution in [3.05, 3.63) is 29.6 Å². The van der Waals surface area contributed by atoms with Crippen LogP contribution in [0.2, 0.25) is 0 Å². The van der Waals surface area contributed by atoms with Crippen molar-refractivity contribution in [3.63, 3.8) is 0 Å². The molecule has 0 aliphatic carbocycles. The number of rotatable bonds is 3. The quantitative estimate of drug-likeness (QED) is 0.770. The molecular weight excluding hydrogens is 162 g/mol. The number of nitrogens with zero attached hydrogens (tertiary/aromatic N) is 1. The van der Waals surface area contributed by atoms with Gasteiger partial charge >= 0.3 is 0 Å². The molecule has 1 aromatic rings. The van der Waals surface area contributed by atoms with E-state index in [2.05, 4.69) is 11.1 Å². The van der Waals surface area contributed by atoms with Crippen LogP contribution in [-0.4, -0.2) is 15.7 Å².